The quantitative estimate of drug-likeness (QED) is 0.376. The first-order chi connectivity index (χ1) is 14.1. The van der Waals surface area contributed by atoms with Crippen LogP contribution in [0.5, 0.6) is 11.6 Å². The van der Waals surface area contributed by atoms with Crippen molar-refractivity contribution in [3.05, 3.63) is 61.7 Å². The Hall–Kier alpha value is -4.35. The molecule has 0 bridgehead atoms. The number of nitrogens with zero attached hydrogens (tertiary/aromatic N) is 5. The molecule has 3 aromatic rings. The minimum atomic E-state index is -0.846. The van der Waals surface area contributed by atoms with Crippen molar-refractivity contribution in [2.24, 2.45) is 17.3 Å². The van der Waals surface area contributed by atoms with Gasteiger partial charge < -0.3 is 14.4 Å². The number of aryl methyl sites for hydroxylation is 2. The molecule has 1 heterocycles. The molecule has 0 saturated carbocycles. The zero-order valence-corrected chi connectivity index (χ0v) is 16.0. The van der Waals surface area contributed by atoms with Gasteiger partial charge in [0, 0.05) is 42.3 Å². The lowest BCUT2D eigenvalue weighted by Gasteiger charge is -2.02. The van der Waals surface area contributed by atoms with Crippen molar-refractivity contribution >= 4 is 33.9 Å². The van der Waals surface area contributed by atoms with E-state index < -0.39 is 15.8 Å². The minimum Gasteiger partial charge on any atom is -0.493 e. The topological polar surface area (TPSA) is 162 Å². The van der Waals surface area contributed by atoms with Gasteiger partial charge in [0.2, 0.25) is 5.88 Å². The van der Waals surface area contributed by atoms with Gasteiger partial charge in [-0.05, 0) is 18.6 Å². The van der Waals surface area contributed by atoms with Gasteiger partial charge in [-0.3, -0.25) is 25.0 Å². The molecule has 0 atom stereocenters. The molecule has 0 aliphatic heterocycles. The molecule has 12 nitrogen and oxygen atoms in total. The number of amides is 1. The molecule has 0 saturated heterocycles. The van der Waals surface area contributed by atoms with Gasteiger partial charge in [0.15, 0.2) is 11.4 Å². The van der Waals surface area contributed by atoms with Crippen LogP contribution in [-0.2, 0) is 7.05 Å². The Morgan fingerprint density at radius 1 is 1.17 bits per heavy atom. The highest BCUT2D eigenvalue weighted by atomic mass is 16.6. The van der Waals surface area contributed by atoms with Crippen LogP contribution in [0.15, 0.2) is 40.6 Å². The van der Waals surface area contributed by atoms with Crippen LogP contribution in [0.3, 0.4) is 0 Å². The minimum absolute atomic E-state index is 0.0249. The van der Waals surface area contributed by atoms with Crippen LogP contribution in [0, 0.1) is 27.2 Å². The third-order valence-corrected chi connectivity index (χ3v) is 4.48. The van der Waals surface area contributed by atoms with Gasteiger partial charge in [-0.2, -0.15) is 0 Å². The second-order valence-electron chi connectivity index (χ2n) is 6.30. The maximum atomic E-state index is 12.4. The van der Waals surface area contributed by atoms with Crippen LogP contribution < -0.4 is 4.74 Å². The Bertz CT molecular complexity index is 1250. The van der Waals surface area contributed by atoms with Crippen molar-refractivity contribution in [2.75, 3.05) is 7.11 Å². The van der Waals surface area contributed by atoms with Gasteiger partial charge in [0.1, 0.15) is 0 Å². The van der Waals surface area contributed by atoms with Gasteiger partial charge >= 0.3 is 5.69 Å². The van der Waals surface area contributed by atoms with Crippen molar-refractivity contribution in [2.45, 2.75) is 6.92 Å². The fourth-order valence-electron chi connectivity index (χ4n) is 3.09. The van der Waals surface area contributed by atoms with Crippen LogP contribution in [0.25, 0.3) is 10.9 Å². The van der Waals surface area contributed by atoms with E-state index in [1.165, 1.54) is 29.9 Å². The number of carbonyl (C=O) groups excluding carboxylic acids is 1. The Kier molecular flexibility index (Phi) is 5.15. The number of fused-ring (bicyclic) bond motifs is 1. The summed E-state index contributed by atoms with van der Waals surface area (Å²) in [4.78, 5) is 33.3. The first-order valence-electron chi connectivity index (χ1n) is 8.40. The second-order valence-corrected chi connectivity index (χ2v) is 6.30. The number of aromatic nitrogens is 1. The van der Waals surface area contributed by atoms with Crippen molar-refractivity contribution in [3.63, 3.8) is 0 Å². The van der Waals surface area contributed by atoms with E-state index in [2.05, 4.69) is 10.2 Å². The Morgan fingerprint density at radius 3 is 2.47 bits per heavy atom. The van der Waals surface area contributed by atoms with Crippen LogP contribution in [0.2, 0.25) is 0 Å². The van der Waals surface area contributed by atoms with Gasteiger partial charge in [-0.25, -0.2) is 0 Å². The van der Waals surface area contributed by atoms with E-state index in [1.54, 1.807) is 14.0 Å². The zero-order chi connectivity index (χ0) is 22.2. The number of methoxy groups -OCH3 is 1. The van der Waals surface area contributed by atoms with Crippen LogP contribution in [0.4, 0.5) is 17.1 Å². The molecule has 12 heteroatoms. The molecule has 0 aliphatic carbocycles. The van der Waals surface area contributed by atoms with E-state index in [0.717, 1.165) is 12.1 Å². The fraction of sp³-hybridized carbons (Fsp3) is 0.167. The summed E-state index contributed by atoms with van der Waals surface area (Å²) >= 11 is 0. The summed E-state index contributed by atoms with van der Waals surface area (Å²) in [7, 11) is 2.76. The molecule has 1 aromatic heterocycles. The molecule has 1 N–H and O–H groups in total. The van der Waals surface area contributed by atoms with E-state index >= 15 is 0 Å². The van der Waals surface area contributed by atoms with E-state index in [9.17, 15) is 30.1 Å². The number of ether oxygens (including phenoxy) is 1. The summed E-state index contributed by atoms with van der Waals surface area (Å²) in [5.74, 6) is -1.30. The van der Waals surface area contributed by atoms with Crippen molar-refractivity contribution < 1.29 is 24.5 Å². The number of hydrogen-bond donors (Lipinski definition) is 1. The van der Waals surface area contributed by atoms with E-state index in [1.807, 2.05) is 0 Å². The van der Waals surface area contributed by atoms with Crippen LogP contribution in [-0.4, -0.2) is 32.5 Å². The molecular weight excluding hydrogens is 398 g/mol. The Balaban J connectivity index is 2.06. The van der Waals surface area contributed by atoms with Crippen molar-refractivity contribution in [1.82, 2.24) is 4.57 Å². The summed E-state index contributed by atoms with van der Waals surface area (Å²) in [6.07, 6.45) is 0. The average Bonchev–Trinajstić information content (AvgIpc) is 2.95. The zero-order valence-electron chi connectivity index (χ0n) is 16.0. The maximum absolute atomic E-state index is 12.4. The molecule has 0 radical (unpaired) electrons. The van der Waals surface area contributed by atoms with Gasteiger partial charge in [0.25, 0.3) is 11.6 Å². The molecule has 0 aliphatic rings. The summed E-state index contributed by atoms with van der Waals surface area (Å²) < 4.78 is 6.29. The number of aromatic hydroxyl groups is 1. The molecule has 0 fully saturated rings. The number of azo groups is 1. The smallest absolute Gasteiger partial charge is 0.310 e. The summed E-state index contributed by atoms with van der Waals surface area (Å²) in [6.45, 7) is 1.64. The fourth-order valence-corrected chi connectivity index (χ4v) is 3.09. The lowest BCUT2D eigenvalue weighted by atomic mass is 10.1. The van der Waals surface area contributed by atoms with E-state index in [0.29, 0.717) is 11.1 Å². The van der Waals surface area contributed by atoms with Crippen molar-refractivity contribution in [3.8, 4) is 11.6 Å². The molecule has 1 amide bonds. The molecule has 0 spiro atoms. The number of rotatable bonds is 5. The number of nitro groups is 2. The largest absolute Gasteiger partial charge is 0.493 e. The van der Waals surface area contributed by atoms with Gasteiger partial charge in [-0.15, -0.1) is 10.2 Å². The number of carbonyl (C=O) groups is 1. The number of nitro benzene ring substituents is 2. The maximum Gasteiger partial charge on any atom is 0.310 e. The summed E-state index contributed by atoms with van der Waals surface area (Å²) in [6, 6.07) is 6.04. The highest BCUT2D eigenvalue weighted by molar-refractivity contribution is 5.99. The summed E-state index contributed by atoms with van der Waals surface area (Å²) in [5.41, 5.74) is 0.375. The predicted octanol–water partition coefficient (Wildman–Crippen LogP) is 3.94. The molecule has 3 rings (SSSR count). The van der Waals surface area contributed by atoms with Gasteiger partial charge in [-0.1, -0.05) is 0 Å². The molecule has 154 valence electrons. The lowest BCUT2D eigenvalue weighted by molar-refractivity contribution is -0.385. The summed E-state index contributed by atoms with van der Waals surface area (Å²) in [5, 5.41) is 40.1. The van der Waals surface area contributed by atoms with Gasteiger partial charge in [0.05, 0.1) is 22.5 Å². The molecule has 0 unspecified atom stereocenters. The number of benzene rings is 2. The highest BCUT2D eigenvalue weighted by Gasteiger charge is 2.21. The molecule has 30 heavy (non-hydrogen) atoms. The van der Waals surface area contributed by atoms with Crippen molar-refractivity contribution in [1.29, 1.82) is 0 Å². The van der Waals surface area contributed by atoms with E-state index in [-0.39, 0.29) is 39.6 Å². The standard InChI is InChI=1S/C18H15N5O7/c1-9-6-11(22(26)27)8-12-15(18(25)21(2)16(9)12)19-20-17(24)10-4-5-13(23(28)29)14(7-10)30-3/h4-8,25H,1-3H3. The lowest BCUT2D eigenvalue weighted by Crippen LogP contribution is -1.98. The second kappa shape index (κ2) is 7.58. The number of non-ortho nitro benzene ring substituents is 1. The Labute approximate surface area is 168 Å². The first-order valence-corrected chi connectivity index (χ1v) is 8.40. The predicted molar refractivity (Wildman–Crippen MR) is 104 cm³/mol. The third kappa shape index (κ3) is 3.41. The SMILES string of the molecule is COc1cc(C(=O)N=Nc2c(O)n(C)c3c(C)cc([N+](=O)[O-])cc23)ccc1[N+](=O)[O-]. The van der Waals surface area contributed by atoms with Crippen LogP contribution >= 0.6 is 0 Å². The normalized spacial score (nSPS) is 11.2. The number of hydrogen-bond acceptors (Lipinski definition) is 8. The third-order valence-electron chi connectivity index (χ3n) is 4.48. The first kappa shape index (κ1) is 20.4. The monoisotopic (exact) mass is 413 g/mol. The van der Waals surface area contributed by atoms with E-state index in [4.69, 9.17) is 4.74 Å². The van der Waals surface area contributed by atoms with Crippen LogP contribution in [0.1, 0.15) is 15.9 Å². The highest BCUT2D eigenvalue weighted by Crippen LogP contribution is 2.41. The molecular formula is C18H15N5O7. The average molecular weight is 413 g/mol. The Morgan fingerprint density at radius 2 is 1.87 bits per heavy atom. The molecule has 2 aromatic carbocycles.